The van der Waals surface area contributed by atoms with E-state index in [1.54, 1.807) is 12.1 Å². The van der Waals surface area contributed by atoms with Crippen LogP contribution in [0.15, 0.2) is 18.2 Å². The van der Waals surface area contributed by atoms with E-state index in [2.05, 4.69) is 11.1 Å². The maximum absolute atomic E-state index is 10.8. The molecule has 2 N–H and O–H groups in total. The zero-order valence-electron chi connectivity index (χ0n) is 15.1. The molecule has 8 heteroatoms. The predicted molar refractivity (Wildman–Crippen MR) is 88.8 cm³/mol. The van der Waals surface area contributed by atoms with Crippen LogP contribution in [0.1, 0.15) is 49.7 Å². The Balaban J connectivity index is 0.00000196. The van der Waals surface area contributed by atoms with Gasteiger partial charge in [0.1, 0.15) is 5.75 Å². The Labute approximate surface area is 196 Å². The van der Waals surface area contributed by atoms with Gasteiger partial charge in [-0.15, -0.1) is 0 Å². The summed E-state index contributed by atoms with van der Waals surface area (Å²) in [6.45, 7) is 2.10. The van der Waals surface area contributed by atoms with Crippen LogP contribution in [-0.2, 0) is 16.8 Å². The molecule has 1 aromatic rings. The normalized spacial score (nSPS) is 38.5. The minimum atomic E-state index is -4.76. The number of aliphatic hydroxyl groups excluding tert-OH is 2. The summed E-state index contributed by atoms with van der Waals surface area (Å²) >= 11 is 0. The number of benzene rings is 1. The largest absolute Gasteiger partial charge is 1.00 e. The van der Waals surface area contributed by atoms with Gasteiger partial charge in [-0.2, -0.15) is 0 Å². The molecular weight excluding hydrogens is 383 g/mol. The molecule has 0 unspecified atom stereocenters. The fraction of sp³-hybridized carbons (Fsp3) is 0.667. The number of hydrogen-bond acceptors (Lipinski definition) is 6. The molecule has 0 aliphatic heterocycles. The average molecular weight is 407 g/mol. The van der Waals surface area contributed by atoms with E-state index in [4.69, 9.17) is 0 Å². The Morgan fingerprint density at radius 2 is 2.00 bits per heavy atom. The first-order valence-corrected chi connectivity index (χ1v) is 10.2. The number of aliphatic hydroxyl groups is 2. The standard InChI is InChI=1S/C18H24O6S.K/c1-18-7-6-13-12-5-3-11(24-25(21,22)23)8-10(12)2-4-14(13)15(18)9-16(19)17(18)20;/h3,5,8,13-17,19-20H,2,4,6-7,9H2,1H3,(H,21,22,23);/q;+1/p-1/t13-,14-,15+,16-,17+,18+;/m1./s1. The first-order chi connectivity index (χ1) is 11.7. The summed E-state index contributed by atoms with van der Waals surface area (Å²) in [5, 5.41) is 20.6. The second kappa shape index (κ2) is 7.39. The quantitative estimate of drug-likeness (QED) is 0.360. The van der Waals surface area contributed by atoms with Crippen LogP contribution in [0.25, 0.3) is 0 Å². The van der Waals surface area contributed by atoms with Crippen molar-refractivity contribution in [3.63, 3.8) is 0 Å². The third kappa shape index (κ3) is 3.57. The van der Waals surface area contributed by atoms with Gasteiger partial charge in [-0.25, -0.2) is 8.42 Å². The summed E-state index contributed by atoms with van der Waals surface area (Å²) in [4.78, 5) is 0. The van der Waals surface area contributed by atoms with E-state index in [0.29, 0.717) is 24.2 Å². The molecule has 6 atom stereocenters. The van der Waals surface area contributed by atoms with Crippen LogP contribution in [0.3, 0.4) is 0 Å². The molecule has 0 radical (unpaired) electrons. The van der Waals surface area contributed by atoms with Crippen molar-refractivity contribution >= 4 is 10.4 Å². The van der Waals surface area contributed by atoms with Gasteiger partial charge < -0.3 is 18.9 Å². The Hall–Kier alpha value is 0.486. The van der Waals surface area contributed by atoms with Crippen molar-refractivity contribution in [3.8, 4) is 5.75 Å². The van der Waals surface area contributed by atoms with E-state index >= 15 is 0 Å². The number of rotatable bonds is 2. The zero-order valence-corrected chi connectivity index (χ0v) is 19.0. The first kappa shape index (κ1) is 21.2. The molecule has 0 bridgehead atoms. The Morgan fingerprint density at radius 3 is 2.69 bits per heavy atom. The molecule has 3 aliphatic rings. The number of fused-ring (bicyclic) bond motifs is 5. The van der Waals surface area contributed by atoms with Crippen LogP contribution in [0.5, 0.6) is 5.75 Å². The molecule has 0 amide bonds. The van der Waals surface area contributed by atoms with Crippen molar-refractivity contribution in [2.24, 2.45) is 17.3 Å². The second-order valence-corrected chi connectivity index (χ2v) is 9.04. The maximum Gasteiger partial charge on any atom is 1.00 e. The Kier molecular flexibility index (Phi) is 6.02. The minimum absolute atomic E-state index is 0. The summed E-state index contributed by atoms with van der Waals surface area (Å²) in [5.74, 6) is 1.12. The molecular formula is C18H23KO6S. The molecule has 138 valence electrons. The van der Waals surface area contributed by atoms with E-state index in [9.17, 15) is 23.2 Å². The number of hydrogen-bond donors (Lipinski definition) is 2. The van der Waals surface area contributed by atoms with Crippen molar-refractivity contribution in [2.75, 3.05) is 0 Å². The van der Waals surface area contributed by atoms with Gasteiger partial charge in [-0.3, -0.25) is 0 Å². The van der Waals surface area contributed by atoms with E-state index < -0.39 is 22.6 Å². The van der Waals surface area contributed by atoms with E-state index in [1.165, 1.54) is 5.56 Å². The predicted octanol–water partition coefficient (Wildman–Crippen LogP) is -1.28. The summed E-state index contributed by atoms with van der Waals surface area (Å²) in [7, 11) is -4.76. The summed E-state index contributed by atoms with van der Waals surface area (Å²) in [6.07, 6.45) is 2.87. The molecule has 0 aromatic heterocycles. The monoisotopic (exact) mass is 406 g/mol. The fourth-order valence-electron chi connectivity index (χ4n) is 5.72. The van der Waals surface area contributed by atoms with Gasteiger partial charge in [0.05, 0.1) is 12.2 Å². The first-order valence-electron chi connectivity index (χ1n) is 8.83. The molecule has 2 saturated carbocycles. The van der Waals surface area contributed by atoms with Gasteiger partial charge in [-0.05, 0) is 78.5 Å². The average Bonchev–Trinajstić information content (AvgIpc) is 2.76. The van der Waals surface area contributed by atoms with Crippen molar-refractivity contribution < 1.29 is 78.8 Å². The van der Waals surface area contributed by atoms with Gasteiger partial charge in [0.15, 0.2) is 0 Å². The van der Waals surface area contributed by atoms with Crippen LogP contribution in [0.2, 0.25) is 0 Å². The molecule has 26 heavy (non-hydrogen) atoms. The van der Waals surface area contributed by atoms with Gasteiger partial charge in [0, 0.05) is 0 Å². The van der Waals surface area contributed by atoms with Gasteiger partial charge >= 0.3 is 51.4 Å². The Bertz CT molecular complexity index is 797. The van der Waals surface area contributed by atoms with Crippen molar-refractivity contribution in [1.82, 2.24) is 0 Å². The van der Waals surface area contributed by atoms with Crippen LogP contribution in [0, 0.1) is 17.3 Å². The Morgan fingerprint density at radius 1 is 1.27 bits per heavy atom. The SMILES string of the molecule is C[C@]12CC[C@@H]3c4ccc(OS(=O)(=O)[O-])cc4CC[C@H]3[C@@H]1C[C@@H](O)[C@@H]2O.[K+]. The van der Waals surface area contributed by atoms with E-state index in [1.807, 2.05) is 6.07 Å². The van der Waals surface area contributed by atoms with Crippen LogP contribution < -0.4 is 55.6 Å². The fourth-order valence-corrected chi connectivity index (χ4v) is 6.06. The van der Waals surface area contributed by atoms with Crippen LogP contribution in [-0.4, -0.2) is 35.4 Å². The molecule has 4 rings (SSSR count). The van der Waals surface area contributed by atoms with Gasteiger partial charge in [-0.1, -0.05) is 13.0 Å². The van der Waals surface area contributed by atoms with Crippen molar-refractivity contribution in [2.45, 2.75) is 57.2 Å². The third-order valence-electron chi connectivity index (χ3n) is 6.87. The summed E-state index contributed by atoms with van der Waals surface area (Å²) in [5.41, 5.74) is 1.99. The van der Waals surface area contributed by atoms with Gasteiger partial charge in [0.25, 0.3) is 10.4 Å². The molecule has 3 aliphatic carbocycles. The summed E-state index contributed by atoms with van der Waals surface area (Å²) < 4.78 is 36.8. The molecule has 6 nitrogen and oxygen atoms in total. The zero-order chi connectivity index (χ0) is 18.0. The second-order valence-electron chi connectivity index (χ2n) is 8.06. The van der Waals surface area contributed by atoms with Crippen LogP contribution >= 0.6 is 0 Å². The van der Waals surface area contributed by atoms with Gasteiger partial charge in [0.2, 0.25) is 0 Å². The van der Waals surface area contributed by atoms with Crippen molar-refractivity contribution in [1.29, 1.82) is 0 Å². The van der Waals surface area contributed by atoms with E-state index in [0.717, 1.165) is 31.2 Å². The topological polar surface area (TPSA) is 107 Å². The van der Waals surface area contributed by atoms with Crippen molar-refractivity contribution in [3.05, 3.63) is 29.3 Å². The summed E-state index contributed by atoms with van der Waals surface area (Å²) in [6, 6.07) is 5.08. The molecule has 0 saturated heterocycles. The van der Waals surface area contributed by atoms with Crippen LogP contribution in [0.4, 0.5) is 0 Å². The molecule has 2 fully saturated rings. The molecule has 1 aromatic carbocycles. The smallest absolute Gasteiger partial charge is 0.716 e. The number of aryl methyl sites for hydroxylation is 1. The maximum atomic E-state index is 10.8. The third-order valence-corrected chi connectivity index (χ3v) is 7.27. The minimum Gasteiger partial charge on any atom is -0.716 e. The molecule has 0 heterocycles. The van der Waals surface area contributed by atoms with E-state index in [-0.39, 0.29) is 62.5 Å². The molecule has 0 spiro atoms.